The number of fused-ring (bicyclic) bond motifs is 3. The van der Waals surface area contributed by atoms with Crippen molar-refractivity contribution >= 4 is 16.8 Å². The summed E-state index contributed by atoms with van der Waals surface area (Å²) in [5.41, 5.74) is 2.66. The molecule has 0 saturated heterocycles. The lowest BCUT2D eigenvalue weighted by molar-refractivity contribution is 0.0928. The number of rotatable bonds is 3. The lowest BCUT2D eigenvalue weighted by Gasteiger charge is -2.24. The number of halogens is 3. The molecule has 140 valence electrons. The van der Waals surface area contributed by atoms with E-state index < -0.39 is 28.9 Å². The van der Waals surface area contributed by atoms with Crippen molar-refractivity contribution in [3.63, 3.8) is 0 Å². The number of carbonyl (C=O) groups excluding carboxylic acids is 1. The van der Waals surface area contributed by atoms with Gasteiger partial charge < -0.3 is 15.0 Å². The first kappa shape index (κ1) is 17.5. The lowest BCUT2D eigenvalue weighted by atomic mass is 9.91. The molecule has 0 bridgehead atoms. The predicted molar refractivity (Wildman–Crippen MR) is 94.4 cm³/mol. The Balaban J connectivity index is 1.58. The zero-order valence-electron chi connectivity index (χ0n) is 14.5. The predicted octanol–water partition coefficient (Wildman–Crippen LogP) is 3.88. The van der Waals surface area contributed by atoms with Crippen molar-refractivity contribution in [1.82, 2.24) is 10.3 Å². The molecule has 0 spiro atoms. The minimum atomic E-state index is -1.64. The van der Waals surface area contributed by atoms with E-state index in [2.05, 4.69) is 10.3 Å². The summed E-state index contributed by atoms with van der Waals surface area (Å²) in [5.74, 6) is -4.45. The van der Waals surface area contributed by atoms with Crippen LogP contribution in [0.4, 0.5) is 13.2 Å². The molecule has 1 amide bonds. The number of methoxy groups -OCH3 is 1. The van der Waals surface area contributed by atoms with Gasteiger partial charge in [0.2, 0.25) is 0 Å². The van der Waals surface area contributed by atoms with Gasteiger partial charge in [-0.25, -0.2) is 13.2 Å². The van der Waals surface area contributed by atoms with Crippen LogP contribution in [-0.2, 0) is 12.8 Å². The fourth-order valence-electron chi connectivity index (χ4n) is 3.61. The van der Waals surface area contributed by atoms with Crippen molar-refractivity contribution in [1.29, 1.82) is 0 Å². The Labute approximate surface area is 153 Å². The van der Waals surface area contributed by atoms with Crippen LogP contribution in [0.15, 0.2) is 30.3 Å². The Hall–Kier alpha value is -2.96. The molecule has 4 rings (SSSR count). The number of ether oxygens (including phenoxy) is 1. The van der Waals surface area contributed by atoms with E-state index in [0.717, 1.165) is 46.5 Å². The largest absolute Gasteiger partial charge is 0.497 e. The highest BCUT2D eigenvalue weighted by Crippen LogP contribution is 2.31. The maximum atomic E-state index is 13.9. The molecule has 2 aromatic carbocycles. The van der Waals surface area contributed by atoms with Gasteiger partial charge >= 0.3 is 0 Å². The van der Waals surface area contributed by atoms with E-state index >= 15 is 0 Å². The Bertz CT molecular complexity index is 1050. The molecule has 0 saturated carbocycles. The van der Waals surface area contributed by atoms with E-state index in [9.17, 15) is 18.0 Å². The zero-order chi connectivity index (χ0) is 19.1. The van der Waals surface area contributed by atoms with Crippen LogP contribution >= 0.6 is 0 Å². The first-order chi connectivity index (χ1) is 13.0. The second-order valence-corrected chi connectivity index (χ2v) is 6.63. The monoisotopic (exact) mass is 374 g/mol. The van der Waals surface area contributed by atoms with Gasteiger partial charge in [-0.15, -0.1) is 0 Å². The van der Waals surface area contributed by atoms with Gasteiger partial charge in [-0.3, -0.25) is 4.79 Å². The number of aromatic amines is 1. The van der Waals surface area contributed by atoms with Gasteiger partial charge in [0.25, 0.3) is 5.91 Å². The number of amides is 1. The van der Waals surface area contributed by atoms with Gasteiger partial charge in [-0.1, -0.05) is 0 Å². The van der Waals surface area contributed by atoms with E-state index in [1.807, 2.05) is 18.2 Å². The summed E-state index contributed by atoms with van der Waals surface area (Å²) in [7, 11) is 1.60. The minimum absolute atomic E-state index is 0.234. The average molecular weight is 374 g/mol. The molecule has 0 aliphatic heterocycles. The quantitative estimate of drug-likeness (QED) is 0.684. The Morgan fingerprint density at radius 1 is 1.19 bits per heavy atom. The highest BCUT2D eigenvalue weighted by Gasteiger charge is 2.26. The fraction of sp³-hybridized carbons (Fsp3) is 0.250. The summed E-state index contributed by atoms with van der Waals surface area (Å²) in [6.07, 6.45) is 1.94. The third kappa shape index (κ3) is 3.03. The van der Waals surface area contributed by atoms with Gasteiger partial charge in [0.15, 0.2) is 17.5 Å². The SMILES string of the molecule is COc1ccc2[nH]c3c(c2c1)CC(NC(=O)c1ccc(F)c(F)c1F)CC3. The molecule has 0 radical (unpaired) electrons. The number of hydrogen-bond acceptors (Lipinski definition) is 2. The normalized spacial score (nSPS) is 16.2. The van der Waals surface area contributed by atoms with Gasteiger partial charge in [-0.05, 0) is 55.2 Å². The third-order valence-corrected chi connectivity index (χ3v) is 5.01. The summed E-state index contributed by atoms with van der Waals surface area (Å²) < 4.78 is 45.6. The summed E-state index contributed by atoms with van der Waals surface area (Å²) >= 11 is 0. The molecule has 27 heavy (non-hydrogen) atoms. The molecule has 1 atom stereocenters. The number of aromatic nitrogens is 1. The van der Waals surface area contributed by atoms with Crippen molar-refractivity contribution in [2.45, 2.75) is 25.3 Å². The number of hydrogen-bond donors (Lipinski definition) is 2. The molecule has 1 aliphatic rings. The number of nitrogens with one attached hydrogen (secondary N) is 2. The van der Waals surface area contributed by atoms with Crippen LogP contribution < -0.4 is 10.1 Å². The van der Waals surface area contributed by atoms with Crippen molar-refractivity contribution in [2.75, 3.05) is 7.11 Å². The lowest BCUT2D eigenvalue weighted by Crippen LogP contribution is -2.39. The van der Waals surface area contributed by atoms with Gasteiger partial charge in [0, 0.05) is 22.6 Å². The van der Waals surface area contributed by atoms with Crippen LogP contribution in [0.3, 0.4) is 0 Å². The Kier molecular flexibility index (Phi) is 4.30. The Morgan fingerprint density at radius 3 is 2.78 bits per heavy atom. The van der Waals surface area contributed by atoms with E-state index in [0.29, 0.717) is 12.8 Å². The number of benzene rings is 2. The van der Waals surface area contributed by atoms with Crippen molar-refractivity contribution in [3.05, 3.63) is 64.6 Å². The van der Waals surface area contributed by atoms with Crippen molar-refractivity contribution < 1.29 is 22.7 Å². The smallest absolute Gasteiger partial charge is 0.254 e. The van der Waals surface area contributed by atoms with Gasteiger partial charge in [0.1, 0.15) is 5.75 Å². The van der Waals surface area contributed by atoms with Crippen LogP contribution in [0.25, 0.3) is 10.9 Å². The first-order valence-electron chi connectivity index (χ1n) is 8.59. The second kappa shape index (κ2) is 6.64. The average Bonchev–Trinajstić information content (AvgIpc) is 3.03. The number of H-pyrrole nitrogens is 1. The highest BCUT2D eigenvalue weighted by molar-refractivity contribution is 5.95. The molecular formula is C20H17F3N2O2. The molecule has 2 N–H and O–H groups in total. The molecule has 3 aromatic rings. The molecule has 1 unspecified atom stereocenters. The van der Waals surface area contributed by atoms with Crippen molar-refractivity contribution in [2.24, 2.45) is 0 Å². The van der Waals surface area contributed by atoms with E-state index in [4.69, 9.17) is 4.74 Å². The van der Waals surface area contributed by atoms with E-state index in [1.54, 1.807) is 7.11 Å². The topological polar surface area (TPSA) is 54.1 Å². The Morgan fingerprint density at radius 2 is 2.00 bits per heavy atom. The molecule has 0 fully saturated rings. The molecule has 7 heteroatoms. The summed E-state index contributed by atoms with van der Waals surface area (Å²) in [6.45, 7) is 0. The van der Waals surface area contributed by atoms with Crippen LogP contribution in [-0.4, -0.2) is 24.0 Å². The minimum Gasteiger partial charge on any atom is -0.497 e. The standard InChI is InChI=1S/C20H17F3N2O2/c1-27-11-3-7-17-14(9-11)13-8-10(2-6-16(13)25-17)24-20(26)12-4-5-15(21)19(23)18(12)22/h3-5,7,9-10,25H,2,6,8H2,1H3,(H,24,26). The zero-order valence-corrected chi connectivity index (χ0v) is 14.5. The summed E-state index contributed by atoms with van der Waals surface area (Å²) in [4.78, 5) is 15.7. The third-order valence-electron chi connectivity index (χ3n) is 5.01. The highest BCUT2D eigenvalue weighted by atomic mass is 19.2. The van der Waals surface area contributed by atoms with Crippen LogP contribution in [0.2, 0.25) is 0 Å². The van der Waals surface area contributed by atoms with Gasteiger partial charge in [-0.2, -0.15) is 0 Å². The maximum Gasteiger partial charge on any atom is 0.254 e. The number of aryl methyl sites for hydroxylation is 1. The fourth-order valence-corrected chi connectivity index (χ4v) is 3.61. The maximum absolute atomic E-state index is 13.9. The summed E-state index contributed by atoms with van der Waals surface area (Å²) in [5, 5.41) is 3.75. The molecule has 4 nitrogen and oxygen atoms in total. The van der Waals surface area contributed by atoms with E-state index in [1.165, 1.54) is 0 Å². The van der Waals surface area contributed by atoms with Crippen LogP contribution in [0, 0.1) is 17.5 Å². The second-order valence-electron chi connectivity index (χ2n) is 6.63. The van der Waals surface area contributed by atoms with Crippen LogP contribution in [0.5, 0.6) is 5.75 Å². The summed E-state index contributed by atoms with van der Waals surface area (Å²) in [6, 6.07) is 7.21. The molecule has 1 aromatic heterocycles. The molecule has 1 aliphatic carbocycles. The molecular weight excluding hydrogens is 357 g/mol. The first-order valence-corrected chi connectivity index (χ1v) is 8.59. The van der Waals surface area contributed by atoms with Crippen molar-refractivity contribution in [3.8, 4) is 5.75 Å². The number of carbonyl (C=O) groups is 1. The van der Waals surface area contributed by atoms with Gasteiger partial charge in [0.05, 0.1) is 12.7 Å². The molecule has 1 heterocycles. The van der Waals surface area contributed by atoms with E-state index in [-0.39, 0.29) is 6.04 Å². The van der Waals surface area contributed by atoms with Crippen LogP contribution in [0.1, 0.15) is 28.0 Å².